The molecule has 0 saturated heterocycles. The van der Waals surface area contributed by atoms with Crippen molar-refractivity contribution >= 4 is 29.2 Å². The molecule has 3 N–H and O–H groups in total. The molecule has 1 aliphatic heterocycles. The van der Waals surface area contributed by atoms with Crippen molar-refractivity contribution in [3.63, 3.8) is 0 Å². The van der Waals surface area contributed by atoms with Crippen molar-refractivity contribution in [3.05, 3.63) is 89.8 Å². The summed E-state index contributed by atoms with van der Waals surface area (Å²) in [5, 5.41) is 8.49. The van der Waals surface area contributed by atoms with Crippen LogP contribution in [0.4, 0.5) is 25.0 Å². The molecule has 2 amide bonds. The Labute approximate surface area is 234 Å². The van der Waals surface area contributed by atoms with Crippen molar-refractivity contribution in [1.29, 1.82) is 0 Å². The first-order valence-electron chi connectivity index (χ1n) is 12.6. The van der Waals surface area contributed by atoms with E-state index >= 15 is 0 Å². The lowest BCUT2D eigenvalue weighted by Crippen LogP contribution is -2.20. The van der Waals surface area contributed by atoms with Crippen LogP contribution in [-0.2, 0) is 24.8 Å². The number of hydrogen-bond donors (Lipinski definition) is 3. The molecule has 208 valence electrons. The van der Waals surface area contributed by atoms with Gasteiger partial charge in [-0.2, -0.15) is 0 Å². The van der Waals surface area contributed by atoms with Gasteiger partial charge >= 0.3 is 6.03 Å². The molecule has 2 aromatic heterocycles. The molecule has 3 heterocycles. The molecule has 2 aromatic carbocycles. The summed E-state index contributed by atoms with van der Waals surface area (Å²) in [4.78, 5) is 22.3. The van der Waals surface area contributed by atoms with Crippen LogP contribution in [0.15, 0.2) is 65.8 Å². The second kappa shape index (κ2) is 12.5. The molecular weight excluding hydrogens is 538 g/mol. The van der Waals surface area contributed by atoms with Gasteiger partial charge in [-0.25, -0.2) is 18.6 Å². The molecule has 0 saturated carbocycles. The number of methoxy groups -OCH3 is 1. The summed E-state index contributed by atoms with van der Waals surface area (Å²) in [6.45, 7) is 2.07. The van der Waals surface area contributed by atoms with Gasteiger partial charge in [0.05, 0.1) is 28.1 Å². The van der Waals surface area contributed by atoms with Gasteiger partial charge in [0.1, 0.15) is 17.4 Å². The summed E-state index contributed by atoms with van der Waals surface area (Å²) < 4.78 is 41.2. The van der Waals surface area contributed by atoms with Gasteiger partial charge in [0.2, 0.25) is 0 Å². The number of carbonyl (C=O) groups is 1. The van der Waals surface area contributed by atoms with Crippen molar-refractivity contribution in [1.82, 2.24) is 19.9 Å². The summed E-state index contributed by atoms with van der Waals surface area (Å²) in [5.74, 6) is 0.396. The van der Waals surface area contributed by atoms with Crippen LogP contribution in [0.25, 0.3) is 0 Å². The summed E-state index contributed by atoms with van der Waals surface area (Å²) in [7, 11) is 3.67. The third-order valence-electron chi connectivity index (χ3n) is 6.29. The number of rotatable bonds is 10. The van der Waals surface area contributed by atoms with Crippen molar-refractivity contribution < 1.29 is 23.0 Å². The number of amides is 2. The van der Waals surface area contributed by atoms with Crippen LogP contribution in [0.1, 0.15) is 22.5 Å². The Hall–Kier alpha value is -4.00. The minimum Gasteiger partial charge on any atom is -0.453 e. The maximum Gasteiger partial charge on any atom is 0.323 e. The monoisotopic (exact) mass is 566 g/mol. The fourth-order valence-electron chi connectivity index (χ4n) is 4.25. The minimum atomic E-state index is -0.639. The number of aromatic nitrogens is 3. The summed E-state index contributed by atoms with van der Waals surface area (Å²) in [6.07, 6.45) is 4.19. The van der Waals surface area contributed by atoms with Gasteiger partial charge in [0, 0.05) is 69.6 Å². The number of nitrogens with one attached hydrogen (secondary N) is 3. The number of pyridine rings is 1. The normalized spacial score (nSPS) is 14.2. The van der Waals surface area contributed by atoms with E-state index in [0.29, 0.717) is 31.0 Å². The number of ether oxygens (including phenoxy) is 2. The Kier molecular flexibility index (Phi) is 8.58. The molecule has 1 aliphatic rings. The molecule has 9 nitrogen and oxygen atoms in total. The third-order valence-corrected chi connectivity index (χ3v) is 7.62. The van der Waals surface area contributed by atoms with Crippen LogP contribution in [0.3, 0.4) is 0 Å². The molecule has 12 heteroatoms. The molecule has 0 radical (unpaired) electrons. The lowest BCUT2D eigenvalue weighted by Gasteiger charge is -2.13. The number of urea groups is 1. The van der Waals surface area contributed by atoms with E-state index in [1.54, 1.807) is 31.1 Å². The van der Waals surface area contributed by atoms with Crippen LogP contribution in [0.5, 0.6) is 11.5 Å². The topological polar surface area (TPSA) is 102 Å². The van der Waals surface area contributed by atoms with Crippen molar-refractivity contribution in [2.75, 3.05) is 30.9 Å². The van der Waals surface area contributed by atoms with Crippen molar-refractivity contribution in [3.8, 4) is 11.5 Å². The SMILES string of the molecule is COCCNCc1cnc(C2Cc3nccc(Oc4ccc(NC(=O)Nc5ccc(F)cc5)cc4F)c3S2)n1C. The second-order valence-corrected chi connectivity index (χ2v) is 10.3. The van der Waals surface area contributed by atoms with E-state index in [1.165, 1.54) is 42.5 Å². The highest BCUT2D eigenvalue weighted by molar-refractivity contribution is 8.00. The first kappa shape index (κ1) is 27.6. The molecular formula is C28H28F2N6O3S. The number of halogens is 2. The minimum absolute atomic E-state index is 0.0170. The summed E-state index contributed by atoms with van der Waals surface area (Å²) in [5.41, 5.74) is 2.57. The average molecular weight is 567 g/mol. The first-order chi connectivity index (χ1) is 19.4. The van der Waals surface area contributed by atoms with E-state index < -0.39 is 17.7 Å². The third kappa shape index (κ3) is 6.41. The molecule has 1 atom stereocenters. The summed E-state index contributed by atoms with van der Waals surface area (Å²) >= 11 is 1.59. The smallest absolute Gasteiger partial charge is 0.323 e. The van der Waals surface area contributed by atoms with Gasteiger partial charge < -0.3 is 30.0 Å². The van der Waals surface area contributed by atoms with Crippen LogP contribution >= 0.6 is 11.8 Å². The predicted molar refractivity (Wildman–Crippen MR) is 149 cm³/mol. The average Bonchev–Trinajstić information content (AvgIpc) is 3.53. The molecule has 0 fully saturated rings. The van der Waals surface area contributed by atoms with Gasteiger partial charge in [-0.15, -0.1) is 11.8 Å². The first-order valence-corrected chi connectivity index (χ1v) is 13.4. The number of imidazole rings is 1. The maximum atomic E-state index is 15.0. The Morgan fingerprint density at radius 3 is 2.62 bits per heavy atom. The highest BCUT2D eigenvalue weighted by Gasteiger charge is 2.31. The number of nitrogens with zero attached hydrogens (tertiary/aromatic N) is 3. The van der Waals surface area contributed by atoms with E-state index in [2.05, 4.69) is 30.5 Å². The predicted octanol–water partition coefficient (Wildman–Crippen LogP) is 5.66. The Morgan fingerprint density at radius 2 is 1.85 bits per heavy atom. The van der Waals surface area contributed by atoms with E-state index in [1.807, 2.05) is 13.2 Å². The van der Waals surface area contributed by atoms with Crippen LogP contribution in [0, 0.1) is 11.6 Å². The molecule has 5 rings (SSSR count). The zero-order chi connectivity index (χ0) is 28.1. The molecule has 40 heavy (non-hydrogen) atoms. The Bertz CT molecular complexity index is 1500. The number of benzene rings is 2. The van der Waals surface area contributed by atoms with Crippen molar-refractivity contribution in [2.45, 2.75) is 23.1 Å². The molecule has 0 bridgehead atoms. The van der Waals surface area contributed by atoms with E-state index in [-0.39, 0.29) is 16.7 Å². The maximum absolute atomic E-state index is 15.0. The van der Waals surface area contributed by atoms with Gasteiger partial charge in [-0.05, 0) is 36.4 Å². The lowest BCUT2D eigenvalue weighted by molar-refractivity contribution is 0.199. The zero-order valence-electron chi connectivity index (χ0n) is 21.9. The zero-order valence-corrected chi connectivity index (χ0v) is 22.7. The van der Waals surface area contributed by atoms with Gasteiger partial charge in [0.25, 0.3) is 0 Å². The standard InChI is InChI=1S/C28H28F2N6O3S/c1-36-20(15-31-11-12-38-2)16-33-27(36)25-14-22-26(40-25)24(9-10-32-22)39-23-8-7-19(13-21(23)30)35-28(37)34-18-5-3-17(29)4-6-18/h3-10,13,16,25,31H,11-12,14-15H2,1-2H3,(H2,34,35,37). The van der Waals surface area contributed by atoms with Gasteiger partial charge in [0.15, 0.2) is 11.6 Å². The van der Waals surface area contributed by atoms with Gasteiger partial charge in [-0.1, -0.05) is 0 Å². The highest BCUT2D eigenvalue weighted by Crippen LogP contribution is 2.50. The summed E-state index contributed by atoms with van der Waals surface area (Å²) in [6, 6.07) is 10.6. The number of fused-ring (bicyclic) bond motifs is 1. The molecule has 0 aliphatic carbocycles. The largest absolute Gasteiger partial charge is 0.453 e. The second-order valence-electron chi connectivity index (χ2n) is 9.07. The Morgan fingerprint density at radius 1 is 1.07 bits per heavy atom. The number of anilines is 2. The number of hydrogen-bond acceptors (Lipinski definition) is 7. The van der Waals surface area contributed by atoms with E-state index in [9.17, 15) is 13.6 Å². The molecule has 4 aromatic rings. The van der Waals surface area contributed by atoms with E-state index in [4.69, 9.17) is 9.47 Å². The number of thioether (sulfide) groups is 1. The van der Waals surface area contributed by atoms with Crippen LogP contribution in [0.2, 0.25) is 0 Å². The van der Waals surface area contributed by atoms with Crippen LogP contribution < -0.4 is 20.7 Å². The lowest BCUT2D eigenvalue weighted by atomic mass is 10.2. The Balaban J connectivity index is 1.23. The molecule has 0 spiro atoms. The van der Waals surface area contributed by atoms with Gasteiger partial charge in [-0.3, -0.25) is 4.98 Å². The fraction of sp³-hybridized carbons (Fsp3) is 0.250. The van der Waals surface area contributed by atoms with E-state index in [0.717, 1.165) is 28.7 Å². The highest BCUT2D eigenvalue weighted by atomic mass is 32.2. The quantitative estimate of drug-likeness (QED) is 0.213. The fourth-order valence-corrected chi connectivity index (χ4v) is 5.60. The number of carbonyl (C=O) groups excluding carboxylic acids is 1. The molecule has 1 unspecified atom stereocenters. The van der Waals surface area contributed by atoms with Crippen LogP contribution in [-0.4, -0.2) is 40.8 Å². The van der Waals surface area contributed by atoms with Crippen molar-refractivity contribution in [2.24, 2.45) is 7.05 Å².